The van der Waals surface area contributed by atoms with Crippen molar-refractivity contribution in [3.63, 3.8) is 0 Å². The molecule has 0 N–H and O–H groups in total. The third-order valence-electron chi connectivity index (χ3n) is 16.9. The van der Waals surface area contributed by atoms with Crippen molar-refractivity contribution in [1.29, 1.82) is 0 Å². The average Bonchev–Trinajstić information content (AvgIpc) is 3.46. The molecule has 0 atom stereocenters. The van der Waals surface area contributed by atoms with Crippen molar-refractivity contribution in [1.82, 2.24) is 0 Å². The summed E-state index contributed by atoms with van der Waals surface area (Å²) in [5.41, 5.74) is 26.5. The van der Waals surface area contributed by atoms with Crippen LogP contribution in [0.25, 0.3) is 11.1 Å². The van der Waals surface area contributed by atoms with Crippen LogP contribution < -0.4 is 26.2 Å². The number of hydrogen-bond acceptors (Lipinski definition) is 2. The van der Waals surface area contributed by atoms with E-state index in [4.69, 9.17) is 0 Å². The topological polar surface area (TPSA) is 6.48 Å². The summed E-state index contributed by atoms with van der Waals surface area (Å²) < 4.78 is 0. The van der Waals surface area contributed by atoms with Crippen molar-refractivity contribution in [2.24, 2.45) is 0 Å². The number of fused-ring (bicyclic) bond motifs is 9. The molecule has 5 aliphatic rings. The van der Waals surface area contributed by atoms with Crippen LogP contribution in [0.2, 0.25) is 0 Å². The Labute approximate surface area is 379 Å². The lowest BCUT2D eigenvalue weighted by molar-refractivity contribution is 0.332. The molecule has 6 aromatic rings. The van der Waals surface area contributed by atoms with Gasteiger partial charge in [0.25, 0.3) is 6.71 Å². The van der Waals surface area contributed by atoms with Gasteiger partial charge in [0.2, 0.25) is 0 Å². The molecule has 3 heteroatoms. The first-order chi connectivity index (χ1) is 29.5. The van der Waals surface area contributed by atoms with E-state index in [0.29, 0.717) is 0 Å². The summed E-state index contributed by atoms with van der Waals surface area (Å²) in [5, 5.41) is 0. The molecule has 2 nitrogen and oxygen atoms in total. The minimum atomic E-state index is -0.172. The van der Waals surface area contributed by atoms with Crippen LogP contribution >= 0.6 is 0 Å². The summed E-state index contributed by atoms with van der Waals surface area (Å²) in [6.45, 7) is 34.2. The molecule has 63 heavy (non-hydrogen) atoms. The fourth-order valence-electron chi connectivity index (χ4n) is 12.9. The maximum Gasteiger partial charge on any atom is 0.252 e. The van der Waals surface area contributed by atoms with Crippen molar-refractivity contribution in [3.05, 3.63) is 148 Å². The molecule has 0 spiro atoms. The monoisotopic (exact) mass is 827 g/mol. The summed E-state index contributed by atoms with van der Waals surface area (Å²) in [7, 11) is 0. The predicted octanol–water partition coefficient (Wildman–Crippen LogP) is 14.4. The minimum Gasteiger partial charge on any atom is -0.311 e. The van der Waals surface area contributed by atoms with Crippen LogP contribution in [0.5, 0.6) is 0 Å². The van der Waals surface area contributed by atoms with Crippen molar-refractivity contribution in [2.75, 3.05) is 9.80 Å². The summed E-state index contributed by atoms with van der Waals surface area (Å²) >= 11 is 0. The predicted molar refractivity (Wildman–Crippen MR) is 272 cm³/mol. The Hall–Kier alpha value is -5.02. The van der Waals surface area contributed by atoms with Crippen LogP contribution in [0.15, 0.2) is 103 Å². The fourth-order valence-corrected chi connectivity index (χ4v) is 12.9. The fraction of sp³-hybridized carbons (Fsp3) is 0.400. The zero-order chi connectivity index (χ0) is 44.6. The van der Waals surface area contributed by atoms with Gasteiger partial charge >= 0.3 is 0 Å². The molecule has 0 amide bonds. The number of benzene rings is 6. The molecule has 2 heterocycles. The highest BCUT2D eigenvalue weighted by molar-refractivity contribution is 7.00. The lowest BCUT2D eigenvalue weighted by atomic mass is 9.33. The van der Waals surface area contributed by atoms with Crippen molar-refractivity contribution in [3.8, 4) is 11.1 Å². The first-order valence-electron chi connectivity index (χ1n) is 24.0. The SMILES string of the molecule is Cc1cc2c3c(c1)N(c1cccc4c1C(C)(C)c1ccccc1-4)c1ccc(C(C)(C)C)cc1B3c1cc3c(cc1N2c1ccc2c(c1)C(C)(C)CCC2(C)C)C(C)(C)CCC3(C)C. The van der Waals surface area contributed by atoms with E-state index < -0.39 is 0 Å². The molecule has 0 fully saturated rings. The number of rotatable bonds is 2. The van der Waals surface area contributed by atoms with Gasteiger partial charge in [0, 0.05) is 33.9 Å². The van der Waals surface area contributed by atoms with Crippen LogP contribution in [0.1, 0.15) is 160 Å². The summed E-state index contributed by atoms with van der Waals surface area (Å²) in [4.78, 5) is 5.39. The molecule has 0 unspecified atom stereocenters. The Morgan fingerprint density at radius 2 is 1.03 bits per heavy atom. The smallest absolute Gasteiger partial charge is 0.252 e. The van der Waals surface area contributed by atoms with Crippen molar-refractivity contribution in [2.45, 2.75) is 155 Å². The number of nitrogens with zero attached hydrogens (tertiary/aromatic N) is 2. The molecular formula is C60H67BN2. The van der Waals surface area contributed by atoms with E-state index in [1.54, 1.807) is 0 Å². The van der Waals surface area contributed by atoms with E-state index in [-0.39, 0.29) is 39.2 Å². The largest absolute Gasteiger partial charge is 0.311 e. The molecule has 0 saturated heterocycles. The molecular weight excluding hydrogens is 759 g/mol. The van der Waals surface area contributed by atoms with E-state index in [9.17, 15) is 0 Å². The quantitative estimate of drug-likeness (QED) is 0.160. The standard InChI is InChI=1S/C60H67BN2/c1-36-30-51-54-52(31-36)63(49-21-17-19-40-39-18-15-16-20-41(39)60(13,14)53(40)49)48-25-22-37(55(2,3)4)32-46(48)61(54)47-34-44-45(59(11,12)29-28-58(44,9)10)35-50(47)62(51)38-23-24-42-43(33-38)57(7,8)27-26-56(42,5)6/h15-25,30-35H,26-29H2,1-14H3. The molecule has 2 aliphatic heterocycles. The van der Waals surface area contributed by atoms with E-state index >= 15 is 0 Å². The van der Waals surface area contributed by atoms with Gasteiger partial charge in [-0.15, -0.1) is 0 Å². The lowest BCUT2D eigenvalue weighted by Crippen LogP contribution is -2.62. The van der Waals surface area contributed by atoms with Crippen LogP contribution in [0, 0.1) is 6.92 Å². The Morgan fingerprint density at radius 1 is 0.460 bits per heavy atom. The molecule has 3 aliphatic carbocycles. The van der Waals surface area contributed by atoms with E-state index in [0.717, 1.165) is 0 Å². The van der Waals surface area contributed by atoms with Crippen LogP contribution in [-0.4, -0.2) is 6.71 Å². The Kier molecular flexibility index (Phi) is 8.30. The number of anilines is 6. The normalized spacial score (nSPS) is 19.9. The number of hydrogen-bond donors (Lipinski definition) is 0. The Bertz CT molecular complexity index is 2950. The van der Waals surface area contributed by atoms with Gasteiger partial charge in [-0.2, -0.15) is 0 Å². The van der Waals surface area contributed by atoms with Gasteiger partial charge in [-0.3, -0.25) is 0 Å². The third-order valence-corrected chi connectivity index (χ3v) is 16.9. The van der Waals surface area contributed by atoms with Gasteiger partial charge in [-0.1, -0.05) is 151 Å². The molecule has 0 radical (unpaired) electrons. The maximum absolute atomic E-state index is 2.71. The van der Waals surface area contributed by atoms with Gasteiger partial charge in [0.15, 0.2) is 0 Å². The van der Waals surface area contributed by atoms with Gasteiger partial charge in [0.1, 0.15) is 0 Å². The zero-order valence-corrected chi connectivity index (χ0v) is 40.6. The highest BCUT2D eigenvalue weighted by Gasteiger charge is 2.49. The van der Waals surface area contributed by atoms with Gasteiger partial charge in [-0.25, -0.2) is 0 Å². The second kappa shape index (κ2) is 12.8. The first kappa shape index (κ1) is 40.7. The number of aryl methyl sites for hydroxylation is 1. The van der Waals surface area contributed by atoms with Crippen molar-refractivity contribution < 1.29 is 0 Å². The summed E-state index contributed by atoms with van der Waals surface area (Å²) in [6, 6.07) is 41.6. The zero-order valence-electron chi connectivity index (χ0n) is 40.6. The highest BCUT2D eigenvalue weighted by Crippen LogP contribution is 2.56. The van der Waals surface area contributed by atoms with Crippen LogP contribution in [0.4, 0.5) is 34.1 Å². The average molecular weight is 827 g/mol. The molecule has 0 aromatic heterocycles. The third kappa shape index (κ3) is 5.69. The molecule has 0 bridgehead atoms. The maximum atomic E-state index is 2.71. The molecule has 0 saturated carbocycles. The van der Waals surface area contributed by atoms with Gasteiger partial charge in [0.05, 0.1) is 5.69 Å². The highest BCUT2D eigenvalue weighted by atomic mass is 15.2. The van der Waals surface area contributed by atoms with E-state index in [1.165, 1.54) is 132 Å². The molecule has 320 valence electrons. The van der Waals surface area contributed by atoms with E-state index in [1.807, 2.05) is 0 Å². The second-order valence-corrected chi connectivity index (χ2v) is 24.4. The summed E-state index contributed by atoms with van der Waals surface area (Å²) in [5.74, 6) is 0. The van der Waals surface area contributed by atoms with Crippen molar-refractivity contribution >= 4 is 57.2 Å². The van der Waals surface area contributed by atoms with Crippen LogP contribution in [-0.2, 0) is 32.5 Å². The van der Waals surface area contributed by atoms with E-state index in [2.05, 4.69) is 210 Å². The second-order valence-electron chi connectivity index (χ2n) is 24.4. The first-order valence-corrected chi connectivity index (χ1v) is 24.0. The van der Waals surface area contributed by atoms with Gasteiger partial charge in [-0.05, 0) is 174 Å². The molecule has 11 rings (SSSR count). The summed E-state index contributed by atoms with van der Waals surface area (Å²) in [6.07, 6.45) is 4.77. The Balaban J connectivity index is 1.26. The minimum absolute atomic E-state index is 0.0109. The van der Waals surface area contributed by atoms with Gasteiger partial charge < -0.3 is 9.80 Å². The van der Waals surface area contributed by atoms with Crippen LogP contribution in [0.3, 0.4) is 0 Å². The Morgan fingerprint density at radius 3 is 1.70 bits per heavy atom. The lowest BCUT2D eigenvalue weighted by Gasteiger charge is -2.48. The molecule has 6 aromatic carbocycles.